The van der Waals surface area contributed by atoms with Crippen LogP contribution in [0, 0.1) is 5.21 Å². The van der Waals surface area contributed by atoms with Crippen molar-refractivity contribution in [2.24, 2.45) is 10.2 Å². The number of azo groups is 1. The van der Waals surface area contributed by atoms with Crippen molar-refractivity contribution in [3.05, 3.63) is 47.8 Å². The lowest BCUT2D eigenvalue weighted by Gasteiger charge is -2.12. The Morgan fingerprint density at radius 1 is 1.16 bits per heavy atom. The van der Waals surface area contributed by atoms with Crippen molar-refractivity contribution in [3.8, 4) is 0 Å². The van der Waals surface area contributed by atoms with Crippen LogP contribution in [-0.2, 0) is 0 Å². The zero-order valence-corrected chi connectivity index (χ0v) is 10.8. The van der Waals surface area contributed by atoms with Gasteiger partial charge in [0.25, 0.3) is 0 Å². The first-order valence-electron chi connectivity index (χ1n) is 5.75. The van der Waals surface area contributed by atoms with Gasteiger partial charge in [0.15, 0.2) is 0 Å². The van der Waals surface area contributed by atoms with Crippen molar-refractivity contribution in [2.45, 2.75) is 0 Å². The second kappa shape index (κ2) is 5.34. The Bertz CT molecular complexity index is 610. The highest BCUT2D eigenvalue weighted by molar-refractivity contribution is 5.69. The molecule has 0 aliphatic heterocycles. The third-order valence-corrected chi connectivity index (χ3v) is 2.59. The van der Waals surface area contributed by atoms with Gasteiger partial charge in [0.05, 0.1) is 17.0 Å². The Morgan fingerprint density at radius 3 is 2.58 bits per heavy atom. The summed E-state index contributed by atoms with van der Waals surface area (Å²) in [7, 11) is 3.86. The van der Waals surface area contributed by atoms with Gasteiger partial charge in [-0.2, -0.15) is 0 Å². The molecule has 0 spiro atoms. The summed E-state index contributed by atoms with van der Waals surface area (Å²) in [4.78, 5) is 1.94. The Balaban J connectivity index is 2.27. The number of hydrogen-bond acceptors (Lipinski definition) is 5. The highest BCUT2D eigenvalue weighted by Gasteiger charge is 2.06. The van der Waals surface area contributed by atoms with E-state index in [-0.39, 0.29) is 5.82 Å². The quantitative estimate of drug-likeness (QED) is 0.396. The summed E-state index contributed by atoms with van der Waals surface area (Å²) in [6, 6.07) is 10.4. The average molecular weight is 257 g/mol. The summed E-state index contributed by atoms with van der Waals surface area (Å²) in [6.45, 7) is 0. The lowest BCUT2D eigenvalue weighted by molar-refractivity contribution is -0.591. The maximum Gasteiger partial charge on any atom is 0.353 e. The summed E-state index contributed by atoms with van der Waals surface area (Å²) in [6.07, 6.45) is 1.37. The molecule has 0 atom stereocenters. The number of pyridine rings is 1. The molecule has 0 saturated heterocycles. The second-order valence-corrected chi connectivity index (χ2v) is 4.22. The number of nitrogens with zero attached hydrogens (tertiary/aromatic N) is 4. The summed E-state index contributed by atoms with van der Waals surface area (Å²) < 4.78 is 0.647. The molecule has 2 rings (SSSR count). The highest BCUT2D eigenvalue weighted by Crippen LogP contribution is 2.27. The van der Waals surface area contributed by atoms with Crippen LogP contribution >= 0.6 is 0 Å². The zero-order chi connectivity index (χ0) is 13.8. The fourth-order valence-electron chi connectivity index (χ4n) is 1.51. The zero-order valence-electron chi connectivity index (χ0n) is 10.8. The van der Waals surface area contributed by atoms with Gasteiger partial charge in [-0.05, 0) is 29.4 Å². The molecular weight excluding hydrogens is 242 g/mol. The number of nitrogens with two attached hydrogens (primary N) is 1. The molecule has 6 heteroatoms. The van der Waals surface area contributed by atoms with Gasteiger partial charge in [-0.1, -0.05) is 6.07 Å². The van der Waals surface area contributed by atoms with Crippen molar-refractivity contribution in [2.75, 3.05) is 24.7 Å². The molecule has 2 aromatic rings. The minimum atomic E-state index is 0.221. The van der Waals surface area contributed by atoms with Crippen molar-refractivity contribution in [3.63, 3.8) is 0 Å². The molecule has 0 bridgehead atoms. The molecule has 19 heavy (non-hydrogen) atoms. The standard InChI is InChI=1S/C13H15N5O/c1-17(2)10-6-7-12(11(14)9-10)15-16-13-5-3-4-8-18(13)19/h3-9H,14H2,1-2H3. The monoisotopic (exact) mass is 257 g/mol. The van der Waals surface area contributed by atoms with Gasteiger partial charge < -0.3 is 15.8 Å². The van der Waals surface area contributed by atoms with E-state index in [0.29, 0.717) is 16.1 Å². The minimum absolute atomic E-state index is 0.221. The fourth-order valence-corrected chi connectivity index (χ4v) is 1.51. The molecule has 0 unspecified atom stereocenters. The molecule has 0 saturated carbocycles. The van der Waals surface area contributed by atoms with Crippen LogP contribution in [-0.4, -0.2) is 14.1 Å². The smallest absolute Gasteiger partial charge is 0.353 e. The van der Waals surface area contributed by atoms with E-state index in [9.17, 15) is 5.21 Å². The number of nitrogen functional groups attached to an aromatic ring is 1. The summed E-state index contributed by atoms with van der Waals surface area (Å²) in [5.74, 6) is 0.221. The van der Waals surface area contributed by atoms with Gasteiger partial charge in [-0.15, -0.1) is 0 Å². The van der Waals surface area contributed by atoms with Crippen LogP contribution in [0.5, 0.6) is 0 Å². The number of hydrogen-bond donors (Lipinski definition) is 1. The first kappa shape index (κ1) is 12.8. The third-order valence-electron chi connectivity index (χ3n) is 2.59. The molecule has 1 aromatic heterocycles. The Morgan fingerprint density at radius 2 is 1.95 bits per heavy atom. The van der Waals surface area contributed by atoms with E-state index in [4.69, 9.17) is 5.73 Å². The molecule has 0 aliphatic rings. The van der Waals surface area contributed by atoms with Crippen LogP contribution in [0.25, 0.3) is 0 Å². The van der Waals surface area contributed by atoms with Crippen molar-refractivity contribution in [1.29, 1.82) is 0 Å². The van der Waals surface area contributed by atoms with Crippen molar-refractivity contribution < 1.29 is 4.73 Å². The Kier molecular flexibility index (Phi) is 3.61. The van der Waals surface area contributed by atoms with E-state index in [1.54, 1.807) is 24.3 Å². The van der Waals surface area contributed by atoms with Gasteiger partial charge in [-0.25, -0.2) is 4.73 Å². The number of rotatable bonds is 3. The molecule has 1 heterocycles. The number of aromatic nitrogens is 1. The molecule has 0 amide bonds. The molecule has 1 aromatic carbocycles. The fraction of sp³-hybridized carbons (Fsp3) is 0.154. The predicted octanol–water partition coefficient (Wildman–Crippen LogP) is 2.38. The van der Waals surface area contributed by atoms with Crippen LogP contribution in [0.4, 0.5) is 22.9 Å². The predicted molar refractivity (Wildman–Crippen MR) is 74.8 cm³/mol. The molecule has 0 aliphatic carbocycles. The highest BCUT2D eigenvalue weighted by atomic mass is 16.5. The van der Waals surface area contributed by atoms with Crippen LogP contribution < -0.4 is 15.4 Å². The van der Waals surface area contributed by atoms with Crippen LogP contribution in [0.2, 0.25) is 0 Å². The number of benzene rings is 1. The SMILES string of the molecule is CN(C)c1ccc(N=Nc2cccc[n+]2[O-])c(N)c1. The van der Waals surface area contributed by atoms with E-state index in [1.165, 1.54) is 6.20 Å². The van der Waals surface area contributed by atoms with E-state index < -0.39 is 0 Å². The van der Waals surface area contributed by atoms with Gasteiger partial charge in [0.2, 0.25) is 0 Å². The normalized spacial score (nSPS) is 10.8. The van der Waals surface area contributed by atoms with Gasteiger partial charge >= 0.3 is 5.82 Å². The average Bonchev–Trinajstić information content (AvgIpc) is 2.39. The van der Waals surface area contributed by atoms with Crippen LogP contribution in [0.1, 0.15) is 0 Å². The Hall–Kier alpha value is -2.63. The van der Waals surface area contributed by atoms with Crippen LogP contribution in [0.3, 0.4) is 0 Å². The number of anilines is 2. The molecule has 6 nitrogen and oxygen atoms in total. The first-order valence-corrected chi connectivity index (χ1v) is 5.75. The summed E-state index contributed by atoms with van der Waals surface area (Å²) >= 11 is 0. The third kappa shape index (κ3) is 2.98. The molecule has 2 N–H and O–H groups in total. The lowest BCUT2D eigenvalue weighted by atomic mass is 10.2. The summed E-state index contributed by atoms with van der Waals surface area (Å²) in [5, 5.41) is 19.3. The molecular formula is C13H15N5O. The molecule has 0 fully saturated rings. The lowest BCUT2D eigenvalue weighted by Crippen LogP contribution is -2.24. The summed E-state index contributed by atoms with van der Waals surface area (Å²) in [5.41, 5.74) is 7.93. The van der Waals surface area contributed by atoms with Crippen molar-refractivity contribution >= 4 is 22.9 Å². The van der Waals surface area contributed by atoms with Gasteiger partial charge in [0, 0.05) is 25.8 Å². The molecule has 0 radical (unpaired) electrons. The van der Waals surface area contributed by atoms with Gasteiger partial charge in [0.1, 0.15) is 5.69 Å². The topological polar surface area (TPSA) is 80.9 Å². The Labute approximate surface area is 111 Å². The van der Waals surface area contributed by atoms with E-state index >= 15 is 0 Å². The van der Waals surface area contributed by atoms with E-state index in [2.05, 4.69) is 10.2 Å². The first-order chi connectivity index (χ1) is 9.08. The largest absolute Gasteiger partial charge is 0.710 e. The van der Waals surface area contributed by atoms with E-state index in [1.807, 2.05) is 31.1 Å². The van der Waals surface area contributed by atoms with Crippen LogP contribution in [0.15, 0.2) is 52.8 Å². The van der Waals surface area contributed by atoms with Gasteiger partial charge in [-0.3, -0.25) is 0 Å². The minimum Gasteiger partial charge on any atom is -0.710 e. The van der Waals surface area contributed by atoms with Crippen molar-refractivity contribution in [1.82, 2.24) is 0 Å². The second-order valence-electron chi connectivity index (χ2n) is 4.22. The maximum absolute atomic E-state index is 11.4. The molecule has 98 valence electrons. The maximum atomic E-state index is 11.4. The van der Waals surface area contributed by atoms with E-state index in [0.717, 1.165) is 5.69 Å².